The predicted octanol–water partition coefficient (Wildman–Crippen LogP) is 1.66. The van der Waals surface area contributed by atoms with Crippen molar-refractivity contribution < 1.29 is 19.1 Å². The third-order valence-electron chi connectivity index (χ3n) is 1.43. The molecule has 0 saturated carbocycles. The van der Waals surface area contributed by atoms with Crippen molar-refractivity contribution in [2.24, 2.45) is 0 Å². The van der Waals surface area contributed by atoms with Gasteiger partial charge in [0.05, 0.1) is 6.61 Å². The van der Waals surface area contributed by atoms with E-state index in [1.807, 2.05) is 0 Å². The van der Waals surface area contributed by atoms with Gasteiger partial charge < -0.3 is 9.47 Å². The van der Waals surface area contributed by atoms with E-state index in [0.29, 0.717) is 13.2 Å². The maximum absolute atomic E-state index is 10.5. The minimum Gasteiger partial charge on any atom is -0.466 e. The van der Waals surface area contributed by atoms with E-state index in [-0.39, 0.29) is 16.8 Å². The summed E-state index contributed by atoms with van der Waals surface area (Å²) in [5.74, 6) is -0.550. The molecule has 0 N–H and O–H groups in total. The summed E-state index contributed by atoms with van der Waals surface area (Å²) in [6, 6.07) is 0. The summed E-state index contributed by atoms with van der Waals surface area (Å²) in [5, 5.41) is 0. The van der Waals surface area contributed by atoms with Gasteiger partial charge in [-0.2, -0.15) is 0 Å². The Bertz CT molecular complexity index is 193. The van der Waals surface area contributed by atoms with E-state index in [1.54, 1.807) is 0 Å². The maximum Gasteiger partial charge on any atom is 0.302 e. The fourth-order valence-electron chi connectivity index (χ4n) is 0.812. The molecule has 0 fully saturated rings. The van der Waals surface area contributed by atoms with E-state index in [9.17, 15) is 9.59 Å². The lowest BCUT2D eigenvalue weighted by atomic mass is 10.2. The number of hydrogen-bond acceptors (Lipinski definition) is 4. The van der Waals surface area contributed by atoms with Crippen LogP contribution in [0.1, 0.15) is 26.7 Å². The Labute approximate surface area is 92.1 Å². The molecule has 0 amide bonds. The van der Waals surface area contributed by atoms with E-state index < -0.39 is 0 Å². The van der Waals surface area contributed by atoms with Crippen LogP contribution >= 0.6 is 15.9 Å². The highest BCUT2D eigenvalue weighted by Crippen LogP contribution is 2.08. The van der Waals surface area contributed by atoms with Crippen molar-refractivity contribution >= 4 is 27.9 Å². The lowest BCUT2D eigenvalue weighted by Gasteiger charge is -2.09. The van der Waals surface area contributed by atoms with Crippen molar-refractivity contribution in [2.45, 2.75) is 31.5 Å². The highest BCUT2D eigenvalue weighted by atomic mass is 79.9. The Morgan fingerprint density at radius 2 is 1.79 bits per heavy atom. The van der Waals surface area contributed by atoms with Gasteiger partial charge in [-0.15, -0.1) is 0 Å². The van der Waals surface area contributed by atoms with Crippen molar-refractivity contribution in [2.75, 3.05) is 13.2 Å². The molecule has 0 radical (unpaired) electrons. The molecule has 1 atom stereocenters. The third-order valence-corrected chi connectivity index (χ3v) is 2.16. The first kappa shape index (κ1) is 13.4. The monoisotopic (exact) mass is 266 g/mol. The summed E-state index contributed by atoms with van der Waals surface area (Å²) in [4.78, 5) is 21.0. The largest absolute Gasteiger partial charge is 0.466 e. The zero-order valence-electron chi connectivity index (χ0n) is 8.42. The first-order valence-corrected chi connectivity index (χ1v) is 5.34. The van der Waals surface area contributed by atoms with Crippen LogP contribution in [0, 0.1) is 0 Å². The summed E-state index contributed by atoms with van der Waals surface area (Å²) >= 11 is 3.36. The fourth-order valence-corrected chi connectivity index (χ4v) is 1.27. The van der Waals surface area contributed by atoms with Gasteiger partial charge in [0.2, 0.25) is 0 Å². The van der Waals surface area contributed by atoms with Gasteiger partial charge in [-0.1, -0.05) is 15.9 Å². The fraction of sp³-hybridized carbons (Fsp3) is 0.778. The van der Waals surface area contributed by atoms with Gasteiger partial charge in [-0.25, -0.2) is 0 Å². The van der Waals surface area contributed by atoms with Gasteiger partial charge in [-0.3, -0.25) is 9.59 Å². The van der Waals surface area contributed by atoms with Gasteiger partial charge >= 0.3 is 11.9 Å². The Hall–Kier alpha value is -0.580. The second-order valence-electron chi connectivity index (χ2n) is 2.88. The summed E-state index contributed by atoms with van der Waals surface area (Å²) in [7, 11) is 0. The van der Waals surface area contributed by atoms with Crippen LogP contribution in [0.2, 0.25) is 0 Å². The third kappa shape index (κ3) is 9.51. The van der Waals surface area contributed by atoms with Crippen molar-refractivity contribution in [1.29, 1.82) is 0 Å². The molecule has 82 valence electrons. The molecule has 0 heterocycles. The molecule has 0 bridgehead atoms. The predicted molar refractivity (Wildman–Crippen MR) is 55.2 cm³/mol. The SMILES string of the molecule is CC(=O)OCCCC(Br)COC(C)=O. The Morgan fingerprint density at radius 1 is 1.21 bits per heavy atom. The van der Waals surface area contributed by atoms with Crippen LogP contribution in [0.3, 0.4) is 0 Å². The minimum absolute atomic E-state index is 0.127. The molecule has 0 spiro atoms. The number of alkyl halides is 1. The lowest BCUT2D eigenvalue weighted by molar-refractivity contribution is -0.141. The quantitative estimate of drug-likeness (QED) is 0.417. The first-order chi connectivity index (χ1) is 6.52. The second kappa shape index (κ2) is 7.79. The van der Waals surface area contributed by atoms with E-state index >= 15 is 0 Å². The van der Waals surface area contributed by atoms with Gasteiger partial charge in [-0.05, 0) is 12.8 Å². The number of hydrogen-bond donors (Lipinski definition) is 0. The van der Waals surface area contributed by atoms with E-state index in [0.717, 1.165) is 12.8 Å². The van der Waals surface area contributed by atoms with Crippen LogP contribution in [0.15, 0.2) is 0 Å². The average molecular weight is 267 g/mol. The Morgan fingerprint density at radius 3 is 2.29 bits per heavy atom. The normalized spacial score (nSPS) is 11.9. The molecule has 4 nitrogen and oxygen atoms in total. The molecule has 0 aliphatic carbocycles. The topological polar surface area (TPSA) is 52.6 Å². The average Bonchev–Trinajstić information content (AvgIpc) is 2.08. The molecule has 0 aromatic rings. The molecular formula is C9H15BrO4. The minimum atomic E-state index is -0.283. The first-order valence-electron chi connectivity index (χ1n) is 4.43. The molecule has 1 unspecified atom stereocenters. The van der Waals surface area contributed by atoms with Gasteiger partial charge in [0.25, 0.3) is 0 Å². The van der Waals surface area contributed by atoms with Crippen LogP contribution in [-0.2, 0) is 19.1 Å². The Balaban J connectivity index is 3.30. The standard InChI is InChI=1S/C9H15BrO4/c1-7(11)13-5-3-4-9(10)6-14-8(2)12/h9H,3-6H2,1-2H3. The molecule has 0 aromatic carbocycles. The van der Waals surface area contributed by atoms with Crippen LogP contribution in [0.5, 0.6) is 0 Å². The number of esters is 2. The molecule has 14 heavy (non-hydrogen) atoms. The molecule has 0 aromatic heterocycles. The smallest absolute Gasteiger partial charge is 0.302 e. The number of rotatable bonds is 6. The molecule has 0 aliphatic heterocycles. The van der Waals surface area contributed by atoms with E-state index in [1.165, 1.54) is 13.8 Å². The van der Waals surface area contributed by atoms with E-state index in [4.69, 9.17) is 9.47 Å². The number of ether oxygens (including phenoxy) is 2. The van der Waals surface area contributed by atoms with Crippen molar-refractivity contribution in [3.63, 3.8) is 0 Å². The number of halogens is 1. The van der Waals surface area contributed by atoms with Gasteiger partial charge in [0, 0.05) is 18.7 Å². The summed E-state index contributed by atoms with van der Waals surface area (Å²) in [5.41, 5.74) is 0. The number of carbonyl (C=O) groups excluding carboxylic acids is 2. The van der Waals surface area contributed by atoms with Gasteiger partial charge in [0.1, 0.15) is 6.61 Å². The molecule has 0 rings (SSSR count). The number of carbonyl (C=O) groups is 2. The maximum atomic E-state index is 10.5. The van der Waals surface area contributed by atoms with Crippen LogP contribution in [0.25, 0.3) is 0 Å². The van der Waals surface area contributed by atoms with Crippen molar-refractivity contribution in [1.82, 2.24) is 0 Å². The molecule has 0 aliphatic rings. The summed E-state index contributed by atoms with van der Waals surface area (Å²) in [6.45, 7) is 3.52. The zero-order valence-corrected chi connectivity index (χ0v) is 10.0. The summed E-state index contributed by atoms with van der Waals surface area (Å²) < 4.78 is 9.54. The highest BCUT2D eigenvalue weighted by molar-refractivity contribution is 9.09. The molecule has 5 heteroatoms. The highest BCUT2D eigenvalue weighted by Gasteiger charge is 2.06. The second-order valence-corrected chi connectivity index (χ2v) is 4.18. The lowest BCUT2D eigenvalue weighted by Crippen LogP contribution is -2.12. The van der Waals surface area contributed by atoms with Crippen LogP contribution in [0.4, 0.5) is 0 Å². The van der Waals surface area contributed by atoms with Crippen LogP contribution < -0.4 is 0 Å². The van der Waals surface area contributed by atoms with Crippen LogP contribution in [-0.4, -0.2) is 30.0 Å². The Kier molecular flexibility index (Phi) is 7.47. The zero-order chi connectivity index (χ0) is 11.0. The summed E-state index contributed by atoms with van der Waals surface area (Å²) in [6.07, 6.45) is 1.57. The molecule has 0 saturated heterocycles. The van der Waals surface area contributed by atoms with Crippen molar-refractivity contribution in [3.8, 4) is 0 Å². The van der Waals surface area contributed by atoms with Gasteiger partial charge in [0.15, 0.2) is 0 Å². The van der Waals surface area contributed by atoms with Crippen molar-refractivity contribution in [3.05, 3.63) is 0 Å². The molecular weight excluding hydrogens is 252 g/mol. The van der Waals surface area contributed by atoms with E-state index in [2.05, 4.69) is 15.9 Å².